The number of carboxylic acid groups (broad SMARTS) is 1. The Morgan fingerprint density at radius 1 is 1.36 bits per heavy atom. The van der Waals surface area contributed by atoms with Gasteiger partial charge in [-0.1, -0.05) is 0 Å². The van der Waals surface area contributed by atoms with Gasteiger partial charge >= 0.3 is 5.97 Å². The maximum absolute atomic E-state index is 10.4. The molecule has 0 aliphatic heterocycles. The molecule has 11 heavy (non-hydrogen) atoms. The number of carboxylic acids is 1. The van der Waals surface area contributed by atoms with Crippen LogP contribution in [-0.4, -0.2) is 29.2 Å². The van der Waals surface area contributed by atoms with Gasteiger partial charge in [-0.3, -0.25) is 4.79 Å². The van der Waals surface area contributed by atoms with Gasteiger partial charge in [0, 0.05) is 0 Å². The van der Waals surface area contributed by atoms with Crippen molar-refractivity contribution in [3.05, 3.63) is 0 Å². The lowest BCUT2D eigenvalue weighted by molar-refractivity contribution is -0.154. The molecule has 5 heteroatoms. The second-order valence-corrected chi connectivity index (χ2v) is 2.16. The van der Waals surface area contributed by atoms with Crippen LogP contribution in [0.5, 0.6) is 0 Å². The Morgan fingerprint density at radius 2 is 1.82 bits per heavy atom. The summed E-state index contributed by atoms with van der Waals surface area (Å²) in [5, 5.41) is 8.34. The Kier molecular flexibility index (Phi) is 3.53. The van der Waals surface area contributed by atoms with Crippen LogP contribution in [0, 0.1) is 0 Å². The van der Waals surface area contributed by atoms with E-state index in [1.807, 2.05) is 0 Å². The monoisotopic (exact) mass is 161 g/mol. The summed E-state index contributed by atoms with van der Waals surface area (Å²) in [5.74, 6) is -1.78. The lowest BCUT2D eigenvalue weighted by Crippen LogP contribution is -2.34. The lowest BCUT2D eigenvalue weighted by Gasteiger charge is -2.12. The van der Waals surface area contributed by atoms with E-state index < -0.39 is 24.1 Å². The topological polar surface area (TPSA) is 89.6 Å². The first-order valence-corrected chi connectivity index (χ1v) is 3.12. The molecule has 5 nitrogen and oxygen atoms in total. The van der Waals surface area contributed by atoms with E-state index in [0.29, 0.717) is 0 Å². The zero-order valence-corrected chi connectivity index (χ0v) is 6.40. The van der Waals surface area contributed by atoms with E-state index in [1.165, 1.54) is 13.8 Å². The number of rotatable bonds is 4. The van der Waals surface area contributed by atoms with Crippen molar-refractivity contribution >= 4 is 11.9 Å². The highest BCUT2D eigenvalue weighted by Crippen LogP contribution is 1.96. The molecule has 0 saturated carbocycles. The van der Waals surface area contributed by atoms with Gasteiger partial charge in [0.2, 0.25) is 5.91 Å². The molecule has 0 radical (unpaired) electrons. The number of ether oxygens (including phenoxy) is 1. The molecule has 0 aliphatic carbocycles. The summed E-state index contributed by atoms with van der Waals surface area (Å²) in [6, 6.07) is 0. The van der Waals surface area contributed by atoms with Crippen molar-refractivity contribution < 1.29 is 19.4 Å². The first-order valence-electron chi connectivity index (χ1n) is 3.12. The SMILES string of the molecule is CC(O[C@@H](C)C(=O)O)C(N)=O. The highest BCUT2D eigenvalue weighted by molar-refractivity contribution is 5.79. The fraction of sp³-hybridized carbons (Fsp3) is 0.667. The molecule has 1 amide bonds. The molecule has 0 rings (SSSR count). The second-order valence-electron chi connectivity index (χ2n) is 2.16. The minimum atomic E-state index is -1.11. The van der Waals surface area contributed by atoms with Gasteiger partial charge in [0.1, 0.15) is 6.10 Å². The number of hydrogen-bond donors (Lipinski definition) is 2. The average molecular weight is 161 g/mol. The highest BCUT2D eigenvalue weighted by atomic mass is 16.5. The zero-order valence-electron chi connectivity index (χ0n) is 6.40. The molecular formula is C6H11NO4. The van der Waals surface area contributed by atoms with Gasteiger partial charge in [0.15, 0.2) is 6.10 Å². The lowest BCUT2D eigenvalue weighted by atomic mass is 10.3. The highest BCUT2D eigenvalue weighted by Gasteiger charge is 2.17. The van der Waals surface area contributed by atoms with Crippen molar-refractivity contribution in [2.75, 3.05) is 0 Å². The first kappa shape index (κ1) is 9.90. The molecular weight excluding hydrogens is 150 g/mol. The summed E-state index contributed by atoms with van der Waals surface area (Å²) in [6.07, 6.45) is -1.86. The van der Waals surface area contributed by atoms with Crippen molar-refractivity contribution in [2.24, 2.45) is 5.73 Å². The average Bonchev–Trinajstić information content (AvgIpc) is 1.87. The molecule has 0 fully saturated rings. The van der Waals surface area contributed by atoms with Gasteiger partial charge < -0.3 is 15.6 Å². The van der Waals surface area contributed by atoms with Gasteiger partial charge in [0.05, 0.1) is 0 Å². The minimum absolute atomic E-state index is 0.668. The molecule has 0 bridgehead atoms. The number of carbonyl (C=O) groups is 2. The number of hydrogen-bond acceptors (Lipinski definition) is 3. The summed E-state index contributed by atoms with van der Waals surface area (Å²) >= 11 is 0. The normalized spacial score (nSPS) is 15.5. The van der Waals surface area contributed by atoms with Gasteiger partial charge in [-0.2, -0.15) is 0 Å². The molecule has 0 aromatic rings. The fourth-order valence-electron chi connectivity index (χ4n) is 0.431. The number of primary amides is 1. The number of nitrogens with two attached hydrogens (primary N) is 1. The van der Waals surface area contributed by atoms with E-state index >= 15 is 0 Å². The van der Waals surface area contributed by atoms with Crippen LogP contribution in [0.4, 0.5) is 0 Å². The maximum atomic E-state index is 10.4. The van der Waals surface area contributed by atoms with E-state index in [0.717, 1.165) is 0 Å². The predicted octanol–water partition coefficient (Wildman–Crippen LogP) is -0.650. The Hall–Kier alpha value is -1.10. The van der Waals surface area contributed by atoms with Crippen LogP contribution in [-0.2, 0) is 14.3 Å². The third-order valence-corrected chi connectivity index (χ3v) is 1.16. The molecule has 1 unspecified atom stereocenters. The van der Waals surface area contributed by atoms with Crippen molar-refractivity contribution in [3.63, 3.8) is 0 Å². The molecule has 64 valence electrons. The van der Waals surface area contributed by atoms with Gasteiger partial charge in [-0.05, 0) is 13.8 Å². The molecule has 2 atom stereocenters. The van der Waals surface area contributed by atoms with Crippen LogP contribution in [0.15, 0.2) is 0 Å². The molecule has 3 N–H and O–H groups in total. The van der Waals surface area contributed by atoms with Gasteiger partial charge in [-0.15, -0.1) is 0 Å². The van der Waals surface area contributed by atoms with Crippen molar-refractivity contribution in [1.82, 2.24) is 0 Å². The van der Waals surface area contributed by atoms with Gasteiger partial charge in [0.25, 0.3) is 0 Å². The van der Waals surface area contributed by atoms with E-state index in [-0.39, 0.29) is 0 Å². The Bertz CT molecular complexity index is 150. The Balaban J connectivity index is 3.84. The van der Waals surface area contributed by atoms with Crippen LogP contribution in [0.25, 0.3) is 0 Å². The molecule has 0 aromatic heterocycles. The quantitative estimate of drug-likeness (QED) is 0.573. The third kappa shape index (κ3) is 3.57. The zero-order chi connectivity index (χ0) is 9.02. The summed E-state index contributed by atoms with van der Waals surface area (Å²) in [4.78, 5) is 20.5. The standard InChI is InChI=1S/C6H11NO4/c1-3(5(7)8)11-4(2)6(9)10/h3-4H,1-2H3,(H2,7,8)(H,9,10)/t3?,4-/m0/s1. The summed E-state index contributed by atoms with van der Waals surface area (Å²) in [5.41, 5.74) is 4.83. The maximum Gasteiger partial charge on any atom is 0.332 e. The van der Waals surface area contributed by atoms with E-state index in [4.69, 9.17) is 15.6 Å². The smallest absolute Gasteiger partial charge is 0.332 e. The van der Waals surface area contributed by atoms with Crippen LogP contribution >= 0.6 is 0 Å². The fourth-order valence-corrected chi connectivity index (χ4v) is 0.431. The third-order valence-electron chi connectivity index (χ3n) is 1.16. The van der Waals surface area contributed by atoms with Crippen molar-refractivity contribution in [1.29, 1.82) is 0 Å². The van der Waals surface area contributed by atoms with Crippen LogP contribution < -0.4 is 5.73 Å². The molecule has 0 heterocycles. The molecule has 0 spiro atoms. The van der Waals surface area contributed by atoms with Crippen LogP contribution in [0.3, 0.4) is 0 Å². The molecule has 0 aliphatic rings. The molecule has 0 saturated heterocycles. The predicted molar refractivity (Wildman–Crippen MR) is 36.8 cm³/mol. The van der Waals surface area contributed by atoms with Crippen LogP contribution in [0.2, 0.25) is 0 Å². The first-order chi connectivity index (χ1) is 4.95. The Labute approximate surface area is 64.1 Å². The molecule has 0 aromatic carbocycles. The summed E-state index contributed by atoms with van der Waals surface area (Å²) < 4.78 is 4.70. The minimum Gasteiger partial charge on any atom is -0.479 e. The summed E-state index contributed by atoms with van der Waals surface area (Å²) in [7, 11) is 0. The number of amides is 1. The number of aliphatic carboxylic acids is 1. The van der Waals surface area contributed by atoms with E-state index in [2.05, 4.69) is 0 Å². The largest absolute Gasteiger partial charge is 0.479 e. The Morgan fingerprint density at radius 3 is 2.09 bits per heavy atom. The van der Waals surface area contributed by atoms with E-state index in [9.17, 15) is 9.59 Å². The second kappa shape index (κ2) is 3.92. The van der Waals surface area contributed by atoms with Crippen molar-refractivity contribution in [2.45, 2.75) is 26.1 Å². The van der Waals surface area contributed by atoms with Crippen LogP contribution in [0.1, 0.15) is 13.8 Å². The van der Waals surface area contributed by atoms with E-state index in [1.54, 1.807) is 0 Å². The number of carbonyl (C=O) groups excluding carboxylic acids is 1. The van der Waals surface area contributed by atoms with Crippen molar-refractivity contribution in [3.8, 4) is 0 Å². The van der Waals surface area contributed by atoms with Gasteiger partial charge in [-0.25, -0.2) is 4.79 Å². The summed E-state index contributed by atoms with van der Waals surface area (Å²) in [6.45, 7) is 2.74.